The first-order valence-corrected chi connectivity index (χ1v) is 9.46. The van der Waals surface area contributed by atoms with Crippen molar-refractivity contribution >= 4 is 28.4 Å². The van der Waals surface area contributed by atoms with E-state index in [2.05, 4.69) is 27.6 Å². The highest BCUT2D eigenvalue weighted by Gasteiger charge is 2.24. The Bertz CT molecular complexity index is 898. The number of nitrogens with zero attached hydrogens (tertiary/aromatic N) is 2. The van der Waals surface area contributed by atoms with Crippen LogP contribution < -0.4 is 5.32 Å². The van der Waals surface area contributed by atoms with Crippen LogP contribution in [0.5, 0.6) is 0 Å². The first-order valence-electron chi connectivity index (χ1n) is 8.58. The molecule has 1 N–H and O–H groups in total. The summed E-state index contributed by atoms with van der Waals surface area (Å²) < 4.78 is 0. The van der Waals surface area contributed by atoms with Crippen LogP contribution in [-0.4, -0.2) is 27.9 Å². The van der Waals surface area contributed by atoms with Crippen LogP contribution in [0.15, 0.2) is 59.6 Å². The number of aromatic nitrogens is 2. The number of rotatable bonds is 3. The van der Waals surface area contributed by atoms with Crippen molar-refractivity contribution in [3.8, 4) is 11.3 Å². The van der Waals surface area contributed by atoms with Crippen molar-refractivity contribution in [3.05, 3.63) is 54.6 Å². The van der Waals surface area contributed by atoms with Gasteiger partial charge in [0.15, 0.2) is 0 Å². The minimum Gasteiger partial charge on any atom is -0.355 e. The third-order valence-electron chi connectivity index (χ3n) is 4.44. The fraction of sp³-hybridized carbons (Fsp3) is 0.250. The topological polar surface area (TPSA) is 54.9 Å². The normalized spacial score (nSPS) is 17.9. The monoisotopic (exact) mass is 349 g/mol. The van der Waals surface area contributed by atoms with Gasteiger partial charge in [-0.15, -0.1) is 10.2 Å². The van der Waals surface area contributed by atoms with Gasteiger partial charge in [0.2, 0.25) is 5.91 Å². The molecule has 0 aliphatic carbocycles. The van der Waals surface area contributed by atoms with Crippen molar-refractivity contribution in [2.45, 2.75) is 29.5 Å². The molecule has 2 heterocycles. The van der Waals surface area contributed by atoms with Crippen LogP contribution in [0.4, 0.5) is 0 Å². The lowest BCUT2D eigenvalue weighted by atomic mass is 10.1. The molecule has 2 aromatic carbocycles. The molecule has 1 amide bonds. The van der Waals surface area contributed by atoms with Crippen LogP contribution in [0.3, 0.4) is 0 Å². The van der Waals surface area contributed by atoms with E-state index in [-0.39, 0.29) is 11.2 Å². The molecule has 1 aliphatic rings. The summed E-state index contributed by atoms with van der Waals surface area (Å²) in [4.78, 5) is 12.3. The molecule has 3 aromatic rings. The second-order valence-electron chi connectivity index (χ2n) is 6.16. The van der Waals surface area contributed by atoms with E-state index in [1.54, 1.807) is 0 Å². The third-order valence-corrected chi connectivity index (χ3v) is 5.70. The van der Waals surface area contributed by atoms with Crippen LogP contribution in [-0.2, 0) is 4.79 Å². The quantitative estimate of drug-likeness (QED) is 0.775. The minimum atomic E-state index is -0.0946. The van der Waals surface area contributed by atoms with Gasteiger partial charge in [-0.05, 0) is 12.8 Å². The number of amides is 1. The predicted octanol–water partition coefficient (Wildman–Crippen LogP) is 4.06. The van der Waals surface area contributed by atoms with Crippen molar-refractivity contribution in [3.63, 3.8) is 0 Å². The average molecular weight is 349 g/mol. The zero-order valence-corrected chi connectivity index (χ0v) is 14.6. The fourth-order valence-electron chi connectivity index (χ4n) is 3.13. The Balaban J connectivity index is 1.75. The first kappa shape index (κ1) is 16.1. The molecule has 25 heavy (non-hydrogen) atoms. The van der Waals surface area contributed by atoms with E-state index < -0.39 is 0 Å². The summed E-state index contributed by atoms with van der Waals surface area (Å²) in [7, 11) is 0. The van der Waals surface area contributed by atoms with Crippen molar-refractivity contribution in [2.24, 2.45) is 0 Å². The van der Waals surface area contributed by atoms with Gasteiger partial charge in [-0.1, -0.05) is 72.8 Å². The average Bonchev–Trinajstić information content (AvgIpc) is 2.87. The number of nitrogens with one attached hydrogen (secondary N) is 1. The van der Waals surface area contributed by atoms with Crippen LogP contribution in [0.1, 0.15) is 19.3 Å². The highest BCUT2D eigenvalue weighted by molar-refractivity contribution is 8.00. The van der Waals surface area contributed by atoms with Gasteiger partial charge in [-0.3, -0.25) is 4.79 Å². The summed E-state index contributed by atoms with van der Waals surface area (Å²) in [5.74, 6) is 0.112. The van der Waals surface area contributed by atoms with Gasteiger partial charge >= 0.3 is 0 Å². The van der Waals surface area contributed by atoms with E-state index in [1.165, 1.54) is 11.8 Å². The van der Waals surface area contributed by atoms with Crippen molar-refractivity contribution in [1.82, 2.24) is 15.5 Å². The Morgan fingerprint density at radius 3 is 2.52 bits per heavy atom. The minimum absolute atomic E-state index is 0.0946. The maximum absolute atomic E-state index is 12.3. The van der Waals surface area contributed by atoms with Crippen molar-refractivity contribution < 1.29 is 4.79 Å². The number of hydrogen-bond acceptors (Lipinski definition) is 4. The third kappa shape index (κ3) is 3.37. The van der Waals surface area contributed by atoms with Crippen LogP contribution in [0.25, 0.3) is 22.0 Å². The van der Waals surface area contributed by atoms with Crippen molar-refractivity contribution in [1.29, 1.82) is 0 Å². The second-order valence-corrected chi connectivity index (χ2v) is 7.35. The molecule has 1 unspecified atom stereocenters. The molecule has 5 heteroatoms. The van der Waals surface area contributed by atoms with Gasteiger partial charge in [0.05, 0.1) is 5.25 Å². The zero-order valence-electron chi connectivity index (χ0n) is 13.8. The molecule has 0 radical (unpaired) electrons. The van der Waals surface area contributed by atoms with Crippen LogP contribution in [0, 0.1) is 0 Å². The molecular weight excluding hydrogens is 330 g/mol. The fourth-order valence-corrected chi connectivity index (χ4v) is 4.27. The molecule has 4 rings (SSSR count). The largest absolute Gasteiger partial charge is 0.355 e. The lowest BCUT2D eigenvalue weighted by Crippen LogP contribution is -2.30. The van der Waals surface area contributed by atoms with Gasteiger partial charge in [0.25, 0.3) is 0 Å². The number of fused-ring (bicyclic) bond motifs is 1. The maximum atomic E-state index is 12.3. The van der Waals surface area contributed by atoms with Crippen LogP contribution >= 0.6 is 11.8 Å². The van der Waals surface area contributed by atoms with Gasteiger partial charge < -0.3 is 5.32 Å². The van der Waals surface area contributed by atoms with Gasteiger partial charge in [0.1, 0.15) is 10.7 Å². The van der Waals surface area contributed by atoms with Crippen molar-refractivity contribution in [2.75, 3.05) is 6.54 Å². The lowest BCUT2D eigenvalue weighted by Gasteiger charge is -2.14. The molecule has 126 valence electrons. The van der Waals surface area contributed by atoms with Gasteiger partial charge in [-0.25, -0.2) is 0 Å². The van der Waals surface area contributed by atoms with E-state index in [0.717, 1.165) is 52.9 Å². The summed E-state index contributed by atoms with van der Waals surface area (Å²) in [6.45, 7) is 0.773. The summed E-state index contributed by atoms with van der Waals surface area (Å²) in [5.41, 5.74) is 1.93. The molecule has 0 saturated carbocycles. The number of benzene rings is 2. The van der Waals surface area contributed by atoms with E-state index in [9.17, 15) is 4.79 Å². The van der Waals surface area contributed by atoms with E-state index in [4.69, 9.17) is 0 Å². The highest BCUT2D eigenvalue weighted by Crippen LogP contribution is 2.34. The SMILES string of the molecule is O=C1NCCCCC1Sc1nnc(-c2ccccc2)c2ccccc12. The molecule has 1 atom stereocenters. The Morgan fingerprint density at radius 1 is 0.920 bits per heavy atom. The van der Waals surface area contributed by atoms with E-state index in [0.29, 0.717) is 0 Å². The Morgan fingerprint density at radius 2 is 1.68 bits per heavy atom. The molecule has 1 aliphatic heterocycles. The van der Waals surface area contributed by atoms with Gasteiger partial charge in [0, 0.05) is 22.9 Å². The molecule has 1 aromatic heterocycles. The summed E-state index contributed by atoms with van der Waals surface area (Å²) in [5, 5.41) is 14.8. The molecule has 0 spiro atoms. The smallest absolute Gasteiger partial charge is 0.233 e. The summed E-state index contributed by atoms with van der Waals surface area (Å²) >= 11 is 1.53. The standard InChI is InChI=1S/C20H19N3OS/c24-19-17(12-6-7-13-21-19)25-20-16-11-5-4-10-15(16)18(22-23-20)14-8-2-1-3-9-14/h1-5,8-11,17H,6-7,12-13H2,(H,21,24). The summed E-state index contributed by atoms with van der Waals surface area (Å²) in [6.07, 6.45) is 2.99. The Hall–Kier alpha value is -2.40. The maximum Gasteiger partial charge on any atom is 0.233 e. The van der Waals surface area contributed by atoms with E-state index >= 15 is 0 Å². The number of carbonyl (C=O) groups excluding carboxylic acids is 1. The van der Waals surface area contributed by atoms with E-state index in [1.807, 2.05) is 42.5 Å². The Kier molecular flexibility index (Phi) is 4.65. The van der Waals surface area contributed by atoms with Gasteiger partial charge in [-0.2, -0.15) is 0 Å². The number of carbonyl (C=O) groups is 1. The molecular formula is C20H19N3OS. The number of hydrogen-bond donors (Lipinski definition) is 1. The molecule has 1 saturated heterocycles. The first-order chi connectivity index (χ1) is 12.3. The Labute approximate surface area is 151 Å². The molecule has 1 fully saturated rings. The zero-order chi connectivity index (χ0) is 17.1. The molecule has 4 nitrogen and oxygen atoms in total. The lowest BCUT2D eigenvalue weighted by molar-refractivity contribution is -0.120. The highest BCUT2D eigenvalue weighted by atomic mass is 32.2. The second kappa shape index (κ2) is 7.23. The summed E-state index contributed by atoms with van der Waals surface area (Å²) in [6, 6.07) is 18.3. The molecule has 0 bridgehead atoms. The van der Waals surface area contributed by atoms with Crippen LogP contribution in [0.2, 0.25) is 0 Å². The predicted molar refractivity (Wildman–Crippen MR) is 101 cm³/mol. The number of thioether (sulfide) groups is 1.